The number of nitrogens with one attached hydrogen (secondary N) is 1. The smallest absolute Gasteiger partial charge is 0.321 e. The minimum absolute atomic E-state index is 0.200. The molecule has 0 saturated carbocycles. The van der Waals surface area contributed by atoms with Crippen LogP contribution in [0.4, 0.5) is 4.39 Å². The Morgan fingerprint density at radius 3 is 2.37 bits per heavy atom. The Balaban J connectivity index is 1.43. The summed E-state index contributed by atoms with van der Waals surface area (Å²) in [6.07, 6.45) is 3.30. The van der Waals surface area contributed by atoms with Crippen LogP contribution in [-0.2, 0) is 17.6 Å². The third-order valence-electron chi connectivity index (χ3n) is 5.24. The highest BCUT2D eigenvalue weighted by Gasteiger charge is 2.25. The lowest BCUT2D eigenvalue weighted by molar-refractivity contribution is -0.139. The molecule has 1 saturated heterocycles. The molecule has 2 aromatic rings. The van der Waals surface area contributed by atoms with Gasteiger partial charge >= 0.3 is 5.97 Å². The minimum atomic E-state index is -0.794. The largest absolute Gasteiger partial charge is 0.480 e. The van der Waals surface area contributed by atoms with E-state index in [0.717, 1.165) is 50.0 Å². The topological polar surface area (TPSA) is 52.6 Å². The van der Waals surface area contributed by atoms with Gasteiger partial charge < -0.3 is 15.3 Å². The quantitative estimate of drug-likeness (QED) is 0.750. The normalized spacial score (nSPS) is 16.9. The number of aliphatic carboxylic acids is 1. The second kappa shape index (κ2) is 9.62. The summed E-state index contributed by atoms with van der Waals surface area (Å²) in [5.74, 6) is -0.994. The molecule has 1 heterocycles. The van der Waals surface area contributed by atoms with Crippen LogP contribution in [0, 0.1) is 5.82 Å². The predicted molar refractivity (Wildman–Crippen MR) is 104 cm³/mol. The summed E-state index contributed by atoms with van der Waals surface area (Å²) in [5, 5.41) is 12.9. The van der Waals surface area contributed by atoms with E-state index < -0.39 is 12.0 Å². The van der Waals surface area contributed by atoms with Crippen molar-refractivity contribution < 1.29 is 14.3 Å². The standard InChI is InChI=1S/C22H27FN2O2/c23-19-8-6-17(7-9-19)10-13-25-14-11-20(12-15-25)24-21(22(26)27)16-18-4-2-1-3-5-18/h1-9,20-21,24H,10-16H2,(H,26,27)/t21-/m1/s1. The third-order valence-corrected chi connectivity index (χ3v) is 5.24. The van der Waals surface area contributed by atoms with Crippen molar-refractivity contribution >= 4 is 5.97 Å². The maximum atomic E-state index is 13.0. The molecule has 0 aliphatic carbocycles. The molecule has 0 radical (unpaired) electrons. The lowest BCUT2D eigenvalue weighted by atomic mass is 10.0. The van der Waals surface area contributed by atoms with Crippen molar-refractivity contribution in [3.05, 3.63) is 71.5 Å². The molecule has 0 bridgehead atoms. The molecule has 5 heteroatoms. The van der Waals surface area contributed by atoms with E-state index in [1.165, 1.54) is 12.1 Å². The lowest BCUT2D eigenvalue weighted by Crippen LogP contribution is -2.49. The van der Waals surface area contributed by atoms with Gasteiger partial charge in [0, 0.05) is 12.6 Å². The van der Waals surface area contributed by atoms with Crippen LogP contribution < -0.4 is 5.32 Å². The summed E-state index contributed by atoms with van der Waals surface area (Å²) in [6.45, 7) is 2.86. The van der Waals surface area contributed by atoms with Crippen molar-refractivity contribution in [1.29, 1.82) is 0 Å². The molecule has 2 aromatic carbocycles. The number of benzene rings is 2. The molecule has 1 aliphatic heterocycles. The second-order valence-electron chi connectivity index (χ2n) is 7.24. The second-order valence-corrected chi connectivity index (χ2v) is 7.24. The number of halogens is 1. The average molecular weight is 370 g/mol. The number of carbonyl (C=O) groups is 1. The Kier molecular flexibility index (Phi) is 6.96. The number of hydrogen-bond donors (Lipinski definition) is 2. The van der Waals surface area contributed by atoms with Crippen molar-refractivity contribution in [3.63, 3.8) is 0 Å². The van der Waals surface area contributed by atoms with E-state index in [-0.39, 0.29) is 11.9 Å². The van der Waals surface area contributed by atoms with Gasteiger partial charge in [-0.25, -0.2) is 4.39 Å². The first kappa shape index (κ1) is 19.5. The summed E-state index contributed by atoms with van der Waals surface area (Å²) < 4.78 is 13.0. The van der Waals surface area contributed by atoms with Crippen molar-refractivity contribution in [3.8, 4) is 0 Å². The molecule has 0 aromatic heterocycles. The number of rotatable bonds is 8. The molecule has 2 N–H and O–H groups in total. The van der Waals surface area contributed by atoms with Crippen LogP contribution in [0.3, 0.4) is 0 Å². The Morgan fingerprint density at radius 1 is 1.07 bits per heavy atom. The van der Waals surface area contributed by atoms with Crippen molar-refractivity contribution in [2.75, 3.05) is 19.6 Å². The maximum absolute atomic E-state index is 13.0. The van der Waals surface area contributed by atoms with Crippen LogP contribution in [0.15, 0.2) is 54.6 Å². The zero-order valence-corrected chi connectivity index (χ0v) is 15.5. The van der Waals surface area contributed by atoms with Crippen LogP contribution in [-0.4, -0.2) is 47.7 Å². The lowest BCUT2D eigenvalue weighted by Gasteiger charge is -2.34. The highest BCUT2D eigenvalue weighted by Crippen LogP contribution is 2.14. The first-order chi connectivity index (χ1) is 13.1. The molecule has 4 nitrogen and oxygen atoms in total. The Hall–Kier alpha value is -2.24. The van der Waals surface area contributed by atoms with Gasteiger partial charge in [0.1, 0.15) is 11.9 Å². The van der Waals surface area contributed by atoms with E-state index in [1.807, 2.05) is 42.5 Å². The highest BCUT2D eigenvalue weighted by molar-refractivity contribution is 5.74. The van der Waals surface area contributed by atoms with Gasteiger partial charge in [0.2, 0.25) is 0 Å². The zero-order chi connectivity index (χ0) is 19.1. The molecule has 0 amide bonds. The Morgan fingerprint density at radius 2 is 1.74 bits per heavy atom. The Labute approximate surface area is 160 Å². The first-order valence-corrected chi connectivity index (χ1v) is 9.60. The number of likely N-dealkylation sites (tertiary alicyclic amines) is 1. The fourth-order valence-electron chi connectivity index (χ4n) is 3.61. The van der Waals surface area contributed by atoms with Gasteiger partial charge in [0.05, 0.1) is 0 Å². The molecule has 1 fully saturated rings. The van der Waals surface area contributed by atoms with E-state index in [4.69, 9.17) is 0 Å². The monoisotopic (exact) mass is 370 g/mol. The fourth-order valence-corrected chi connectivity index (χ4v) is 3.61. The first-order valence-electron chi connectivity index (χ1n) is 9.60. The molecule has 0 unspecified atom stereocenters. The van der Waals surface area contributed by atoms with Crippen molar-refractivity contribution in [2.45, 2.75) is 37.8 Å². The Bertz CT molecular complexity index is 713. The van der Waals surface area contributed by atoms with Crippen molar-refractivity contribution in [1.82, 2.24) is 10.2 Å². The molecular formula is C22H27FN2O2. The predicted octanol–water partition coefficient (Wildman–Crippen LogP) is 3.12. The number of carboxylic acids is 1. The molecule has 144 valence electrons. The summed E-state index contributed by atoms with van der Waals surface area (Å²) in [5.41, 5.74) is 2.18. The van der Waals surface area contributed by atoms with Gasteiger partial charge in [-0.2, -0.15) is 0 Å². The maximum Gasteiger partial charge on any atom is 0.321 e. The van der Waals surface area contributed by atoms with Crippen LogP contribution in [0.1, 0.15) is 24.0 Å². The summed E-state index contributed by atoms with van der Waals surface area (Å²) in [4.78, 5) is 14.0. The highest BCUT2D eigenvalue weighted by atomic mass is 19.1. The number of nitrogens with zero attached hydrogens (tertiary/aromatic N) is 1. The number of carboxylic acid groups (broad SMARTS) is 1. The van der Waals surface area contributed by atoms with Crippen LogP contribution in [0.25, 0.3) is 0 Å². The fraction of sp³-hybridized carbons (Fsp3) is 0.409. The average Bonchev–Trinajstić information content (AvgIpc) is 2.69. The van der Waals surface area contributed by atoms with Crippen LogP contribution >= 0.6 is 0 Å². The van der Waals surface area contributed by atoms with Crippen LogP contribution in [0.5, 0.6) is 0 Å². The molecule has 27 heavy (non-hydrogen) atoms. The van der Waals surface area contributed by atoms with Gasteiger partial charge in [-0.05, 0) is 62.0 Å². The molecule has 0 spiro atoms. The van der Waals surface area contributed by atoms with E-state index in [0.29, 0.717) is 6.42 Å². The molecular weight excluding hydrogens is 343 g/mol. The SMILES string of the molecule is O=C(O)[C@@H](Cc1ccccc1)NC1CCN(CCc2ccc(F)cc2)CC1. The summed E-state index contributed by atoms with van der Waals surface area (Å²) >= 11 is 0. The zero-order valence-electron chi connectivity index (χ0n) is 15.5. The number of piperidine rings is 1. The van der Waals surface area contributed by atoms with Gasteiger partial charge in [0.25, 0.3) is 0 Å². The van der Waals surface area contributed by atoms with Gasteiger partial charge in [0.15, 0.2) is 0 Å². The number of hydrogen-bond acceptors (Lipinski definition) is 3. The van der Waals surface area contributed by atoms with Gasteiger partial charge in [-0.3, -0.25) is 4.79 Å². The third kappa shape index (κ3) is 6.15. The summed E-state index contributed by atoms with van der Waals surface area (Å²) in [7, 11) is 0. The molecule has 1 aliphatic rings. The van der Waals surface area contributed by atoms with Gasteiger partial charge in [-0.15, -0.1) is 0 Å². The van der Waals surface area contributed by atoms with Gasteiger partial charge in [-0.1, -0.05) is 42.5 Å². The van der Waals surface area contributed by atoms with E-state index in [1.54, 1.807) is 0 Å². The molecule has 3 rings (SSSR count). The minimum Gasteiger partial charge on any atom is -0.480 e. The summed E-state index contributed by atoms with van der Waals surface area (Å²) in [6, 6.07) is 16.1. The van der Waals surface area contributed by atoms with Crippen LogP contribution in [0.2, 0.25) is 0 Å². The molecule has 1 atom stereocenters. The van der Waals surface area contributed by atoms with E-state index in [9.17, 15) is 14.3 Å². The van der Waals surface area contributed by atoms with E-state index >= 15 is 0 Å². The van der Waals surface area contributed by atoms with Crippen molar-refractivity contribution in [2.24, 2.45) is 0 Å². The van der Waals surface area contributed by atoms with E-state index in [2.05, 4.69) is 10.2 Å².